The van der Waals surface area contributed by atoms with Crippen molar-refractivity contribution in [3.63, 3.8) is 0 Å². The third kappa shape index (κ3) is 3.61. The monoisotopic (exact) mass is 391 g/mol. The van der Waals surface area contributed by atoms with Crippen molar-refractivity contribution >= 4 is 11.5 Å². The Kier molecular flexibility index (Phi) is 4.53. The van der Waals surface area contributed by atoms with Gasteiger partial charge < -0.3 is 4.90 Å². The van der Waals surface area contributed by atoms with Gasteiger partial charge >= 0.3 is 0 Å². The molecule has 0 unspecified atom stereocenters. The summed E-state index contributed by atoms with van der Waals surface area (Å²) in [6, 6.07) is 9.06. The van der Waals surface area contributed by atoms with Gasteiger partial charge in [0.25, 0.3) is 5.56 Å². The predicted molar refractivity (Wildman–Crippen MR) is 107 cm³/mol. The lowest BCUT2D eigenvalue weighted by Gasteiger charge is -2.35. The van der Waals surface area contributed by atoms with Crippen LogP contribution in [0.5, 0.6) is 0 Å². The maximum absolute atomic E-state index is 12.2. The minimum Gasteiger partial charge on any atom is -0.353 e. The molecule has 0 spiro atoms. The van der Waals surface area contributed by atoms with Gasteiger partial charge in [-0.25, -0.2) is 18.9 Å². The molecule has 4 aromatic heterocycles. The van der Waals surface area contributed by atoms with Crippen molar-refractivity contribution < 1.29 is 0 Å². The normalized spacial score (nSPS) is 15.2. The van der Waals surface area contributed by atoms with Crippen LogP contribution < -0.4 is 10.5 Å². The van der Waals surface area contributed by atoms with Gasteiger partial charge in [-0.3, -0.25) is 9.69 Å². The highest BCUT2D eigenvalue weighted by Gasteiger charge is 2.18. The molecule has 10 heteroatoms. The van der Waals surface area contributed by atoms with Gasteiger partial charge in [-0.15, -0.1) is 10.2 Å². The van der Waals surface area contributed by atoms with Gasteiger partial charge in [0, 0.05) is 63.6 Å². The molecule has 5 heterocycles. The molecule has 0 radical (unpaired) electrons. The van der Waals surface area contributed by atoms with E-state index in [0.29, 0.717) is 12.4 Å². The highest BCUT2D eigenvalue weighted by Crippen LogP contribution is 2.14. The van der Waals surface area contributed by atoms with Crippen LogP contribution in [0.15, 0.2) is 59.9 Å². The molecule has 1 saturated heterocycles. The Bertz CT molecular complexity index is 1160. The topological polar surface area (TPSA) is 89.4 Å². The van der Waals surface area contributed by atoms with Gasteiger partial charge in [0.15, 0.2) is 11.5 Å². The summed E-state index contributed by atoms with van der Waals surface area (Å²) >= 11 is 0. The van der Waals surface area contributed by atoms with Crippen LogP contribution in [0.4, 0.5) is 5.82 Å². The van der Waals surface area contributed by atoms with E-state index in [4.69, 9.17) is 0 Å². The zero-order valence-electron chi connectivity index (χ0n) is 15.9. The lowest BCUT2D eigenvalue weighted by atomic mass is 10.3. The second kappa shape index (κ2) is 7.47. The number of imidazole rings is 1. The fourth-order valence-electron chi connectivity index (χ4n) is 3.54. The van der Waals surface area contributed by atoms with E-state index in [1.807, 2.05) is 30.6 Å². The zero-order valence-corrected chi connectivity index (χ0v) is 15.9. The van der Waals surface area contributed by atoms with E-state index in [0.717, 1.165) is 44.2 Å². The Morgan fingerprint density at radius 3 is 2.55 bits per heavy atom. The number of nitrogens with zero attached hydrogens (tertiary/aromatic N) is 9. The smallest absolute Gasteiger partial charge is 0.266 e. The van der Waals surface area contributed by atoms with Gasteiger partial charge in [-0.2, -0.15) is 5.10 Å². The SMILES string of the molecule is O=c1ccc(-n2cccn2)nn1CCN1CCN(c2ccc3nccn3n2)CC1. The third-order valence-electron chi connectivity index (χ3n) is 5.16. The van der Waals surface area contributed by atoms with Crippen molar-refractivity contribution in [1.82, 2.24) is 39.1 Å². The van der Waals surface area contributed by atoms with Crippen LogP contribution in [-0.2, 0) is 6.54 Å². The average Bonchev–Trinajstić information content (AvgIpc) is 3.45. The maximum Gasteiger partial charge on any atom is 0.266 e. The first kappa shape index (κ1) is 17.6. The molecule has 4 aromatic rings. The van der Waals surface area contributed by atoms with E-state index in [9.17, 15) is 4.79 Å². The first-order chi connectivity index (χ1) is 14.3. The summed E-state index contributed by atoms with van der Waals surface area (Å²) in [5.41, 5.74) is 0.750. The summed E-state index contributed by atoms with van der Waals surface area (Å²) in [4.78, 5) is 21.0. The first-order valence-corrected chi connectivity index (χ1v) is 9.62. The molecule has 29 heavy (non-hydrogen) atoms. The fourth-order valence-corrected chi connectivity index (χ4v) is 3.54. The number of rotatable bonds is 5. The summed E-state index contributed by atoms with van der Waals surface area (Å²) in [5.74, 6) is 1.60. The summed E-state index contributed by atoms with van der Waals surface area (Å²) in [6.45, 7) is 4.94. The van der Waals surface area contributed by atoms with Crippen LogP contribution >= 0.6 is 0 Å². The minimum absolute atomic E-state index is 0.0997. The van der Waals surface area contributed by atoms with E-state index in [1.165, 1.54) is 4.68 Å². The van der Waals surface area contributed by atoms with E-state index < -0.39 is 0 Å². The highest BCUT2D eigenvalue weighted by molar-refractivity contribution is 5.46. The second-order valence-corrected chi connectivity index (χ2v) is 6.95. The standard InChI is InChI=1S/C19H21N9O/c29-19-5-4-18(26-8-1-6-21-26)23-28(19)15-12-24-10-13-25(14-11-24)17-3-2-16-20-7-9-27(16)22-17/h1-9H,10-15H2. The van der Waals surface area contributed by atoms with Crippen LogP contribution in [0.25, 0.3) is 11.5 Å². The Morgan fingerprint density at radius 1 is 0.862 bits per heavy atom. The molecule has 0 N–H and O–H groups in total. The van der Waals surface area contributed by atoms with Crippen molar-refractivity contribution in [1.29, 1.82) is 0 Å². The van der Waals surface area contributed by atoms with Crippen LogP contribution in [-0.4, -0.2) is 71.8 Å². The van der Waals surface area contributed by atoms with E-state index >= 15 is 0 Å². The molecule has 1 aliphatic heterocycles. The van der Waals surface area contributed by atoms with Gasteiger partial charge in [0.1, 0.15) is 5.82 Å². The summed E-state index contributed by atoms with van der Waals surface area (Å²) < 4.78 is 4.96. The summed E-state index contributed by atoms with van der Waals surface area (Å²) in [6.07, 6.45) is 7.11. The molecular formula is C19H21N9O. The van der Waals surface area contributed by atoms with Crippen LogP contribution in [0, 0.1) is 0 Å². The number of anilines is 1. The Labute approximate surface area is 166 Å². The third-order valence-corrected chi connectivity index (χ3v) is 5.16. The lowest BCUT2D eigenvalue weighted by molar-refractivity contribution is 0.242. The van der Waals surface area contributed by atoms with Crippen molar-refractivity contribution in [2.45, 2.75) is 6.54 Å². The van der Waals surface area contributed by atoms with Crippen LogP contribution in [0.1, 0.15) is 0 Å². The molecule has 0 atom stereocenters. The van der Waals surface area contributed by atoms with Gasteiger partial charge in [0.2, 0.25) is 0 Å². The molecule has 148 valence electrons. The quantitative estimate of drug-likeness (QED) is 0.483. The van der Waals surface area contributed by atoms with Crippen molar-refractivity contribution in [3.05, 3.63) is 65.5 Å². The second-order valence-electron chi connectivity index (χ2n) is 6.95. The molecule has 0 saturated carbocycles. The Hall–Kier alpha value is -3.53. The van der Waals surface area contributed by atoms with Gasteiger partial charge in [-0.05, 0) is 24.3 Å². The number of piperazine rings is 1. The maximum atomic E-state index is 12.2. The predicted octanol–water partition coefficient (Wildman–Crippen LogP) is 0.294. The van der Waals surface area contributed by atoms with Crippen molar-refractivity contribution in [3.8, 4) is 5.82 Å². The number of hydrogen-bond acceptors (Lipinski definition) is 7. The van der Waals surface area contributed by atoms with Crippen LogP contribution in [0.2, 0.25) is 0 Å². The lowest BCUT2D eigenvalue weighted by Crippen LogP contribution is -2.48. The largest absolute Gasteiger partial charge is 0.353 e. The number of aromatic nitrogens is 7. The summed E-state index contributed by atoms with van der Waals surface area (Å²) in [7, 11) is 0. The van der Waals surface area contributed by atoms with Gasteiger partial charge in [-0.1, -0.05) is 0 Å². The Morgan fingerprint density at radius 2 is 1.72 bits per heavy atom. The zero-order chi connectivity index (χ0) is 19.6. The van der Waals surface area contributed by atoms with Crippen molar-refractivity contribution in [2.24, 2.45) is 0 Å². The fraction of sp³-hybridized carbons (Fsp3) is 0.316. The molecule has 10 nitrogen and oxygen atoms in total. The van der Waals surface area contributed by atoms with E-state index in [2.05, 4.69) is 30.1 Å². The number of hydrogen-bond donors (Lipinski definition) is 0. The Balaban J connectivity index is 1.20. The molecule has 1 aliphatic rings. The molecule has 0 aromatic carbocycles. The van der Waals surface area contributed by atoms with E-state index in [-0.39, 0.29) is 5.56 Å². The number of fused-ring (bicyclic) bond motifs is 1. The van der Waals surface area contributed by atoms with Gasteiger partial charge in [0.05, 0.1) is 6.54 Å². The van der Waals surface area contributed by atoms with E-state index in [1.54, 1.807) is 33.7 Å². The summed E-state index contributed by atoms with van der Waals surface area (Å²) in [5, 5.41) is 13.2. The first-order valence-electron chi connectivity index (χ1n) is 9.62. The molecule has 5 rings (SSSR count). The highest BCUT2D eigenvalue weighted by atomic mass is 16.1. The molecule has 1 fully saturated rings. The molecule has 0 aliphatic carbocycles. The molecule has 0 bridgehead atoms. The van der Waals surface area contributed by atoms with Crippen molar-refractivity contribution in [2.75, 3.05) is 37.6 Å². The minimum atomic E-state index is -0.0997. The average molecular weight is 391 g/mol. The molecule has 0 amide bonds. The van der Waals surface area contributed by atoms with Crippen LogP contribution in [0.3, 0.4) is 0 Å². The molecular weight excluding hydrogens is 370 g/mol.